The van der Waals surface area contributed by atoms with Crippen LogP contribution in [0.5, 0.6) is 0 Å². The summed E-state index contributed by atoms with van der Waals surface area (Å²) in [6.45, 7) is 1.85. The van der Waals surface area contributed by atoms with Gasteiger partial charge in [0.25, 0.3) is 5.91 Å². The van der Waals surface area contributed by atoms with E-state index < -0.39 is 6.04 Å². The van der Waals surface area contributed by atoms with Gasteiger partial charge in [-0.15, -0.1) is 11.3 Å². The number of carbonyl (C=O) groups excluding carboxylic acids is 2. The third-order valence-electron chi connectivity index (χ3n) is 4.40. The first-order valence-corrected chi connectivity index (χ1v) is 9.57. The highest BCUT2D eigenvalue weighted by Gasteiger charge is 2.23. The van der Waals surface area contributed by atoms with Crippen molar-refractivity contribution in [2.75, 3.05) is 0 Å². The van der Waals surface area contributed by atoms with Gasteiger partial charge in [0.2, 0.25) is 0 Å². The van der Waals surface area contributed by atoms with Crippen molar-refractivity contribution in [2.45, 2.75) is 25.8 Å². The quantitative estimate of drug-likeness (QED) is 0.661. The van der Waals surface area contributed by atoms with Crippen LogP contribution < -0.4 is 5.32 Å². The number of carbonyl (C=O) groups is 2. The fourth-order valence-corrected chi connectivity index (χ4v) is 3.50. The lowest BCUT2D eigenvalue weighted by molar-refractivity contribution is -0.120. The average molecular weight is 381 g/mol. The Morgan fingerprint density at radius 1 is 1.07 bits per heavy atom. The maximum atomic E-state index is 13.6. The van der Waals surface area contributed by atoms with Crippen molar-refractivity contribution in [3.63, 3.8) is 0 Å². The first-order chi connectivity index (χ1) is 13.0. The van der Waals surface area contributed by atoms with Crippen LogP contribution in [0.25, 0.3) is 0 Å². The van der Waals surface area contributed by atoms with Crippen molar-refractivity contribution in [1.82, 2.24) is 5.32 Å². The Morgan fingerprint density at radius 2 is 1.85 bits per heavy atom. The zero-order chi connectivity index (χ0) is 19.2. The maximum absolute atomic E-state index is 13.6. The Balaban J connectivity index is 1.80. The van der Waals surface area contributed by atoms with Crippen LogP contribution in [0.3, 0.4) is 0 Å². The number of rotatable bonds is 7. The van der Waals surface area contributed by atoms with E-state index in [1.807, 2.05) is 42.6 Å². The Kier molecular flexibility index (Phi) is 6.14. The number of amides is 1. The van der Waals surface area contributed by atoms with Crippen LogP contribution in [0.4, 0.5) is 4.39 Å². The van der Waals surface area contributed by atoms with Gasteiger partial charge in [-0.3, -0.25) is 9.59 Å². The maximum Gasteiger partial charge on any atom is 0.261 e. The lowest BCUT2D eigenvalue weighted by Crippen LogP contribution is -2.43. The molecule has 0 aliphatic carbocycles. The highest BCUT2D eigenvalue weighted by molar-refractivity contribution is 7.12. The minimum atomic E-state index is -0.676. The summed E-state index contributed by atoms with van der Waals surface area (Å²) in [5.74, 6) is -0.779. The largest absolute Gasteiger partial charge is 0.341 e. The van der Waals surface area contributed by atoms with Gasteiger partial charge in [0.1, 0.15) is 5.82 Å². The van der Waals surface area contributed by atoms with E-state index in [4.69, 9.17) is 0 Å². The summed E-state index contributed by atoms with van der Waals surface area (Å²) in [6.07, 6.45) is 0.469. The number of aryl methyl sites for hydroxylation is 1. The van der Waals surface area contributed by atoms with Gasteiger partial charge in [0, 0.05) is 6.42 Å². The lowest BCUT2D eigenvalue weighted by Gasteiger charge is -2.18. The van der Waals surface area contributed by atoms with Crippen molar-refractivity contribution in [3.8, 4) is 0 Å². The minimum absolute atomic E-state index is 0.0752. The van der Waals surface area contributed by atoms with Crippen LogP contribution in [-0.2, 0) is 17.6 Å². The molecule has 0 aliphatic heterocycles. The average Bonchev–Trinajstić information content (AvgIpc) is 3.20. The van der Waals surface area contributed by atoms with Crippen LogP contribution in [0.1, 0.15) is 26.4 Å². The van der Waals surface area contributed by atoms with Crippen molar-refractivity contribution in [3.05, 3.63) is 93.4 Å². The van der Waals surface area contributed by atoms with E-state index in [0.29, 0.717) is 16.9 Å². The van der Waals surface area contributed by atoms with Gasteiger partial charge in [-0.2, -0.15) is 0 Å². The van der Waals surface area contributed by atoms with Crippen LogP contribution in [0.2, 0.25) is 0 Å². The molecular weight excluding hydrogens is 361 g/mol. The highest BCUT2D eigenvalue weighted by atomic mass is 32.1. The molecule has 0 spiro atoms. The molecule has 3 nitrogen and oxygen atoms in total. The number of thiophene rings is 1. The molecule has 27 heavy (non-hydrogen) atoms. The number of benzene rings is 2. The second kappa shape index (κ2) is 8.73. The van der Waals surface area contributed by atoms with Gasteiger partial charge in [0.05, 0.1) is 10.9 Å². The molecule has 0 radical (unpaired) electrons. The molecule has 3 rings (SSSR count). The molecule has 0 aliphatic rings. The Bertz CT molecular complexity index is 923. The van der Waals surface area contributed by atoms with Crippen LogP contribution in [0.15, 0.2) is 66.0 Å². The van der Waals surface area contributed by atoms with Crippen molar-refractivity contribution in [1.29, 1.82) is 0 Å². The second-order valence-corrected chi connectivity index (χ2v) is 7.35. The smallest absolute Gasteiger partial charge is 0.261 e. The summed E-state index contributed by atoms with van der Waals surface area (Å²) in [5.41, 5.74) is 2.45. The van der Waals surface area contributed by atoms with Crippen LogP contribution in [-0.4, -0.2) is 17.7 Å². The van der Waals surface area contributed by atoms with Gasteiger partial charge < -0.3 is 5.32 Å². The molecule has 5 heteroatoms. The van der Waals surface area contributed by atoms with Crippen LogP contribution >= 0.6 is 11.3 Å². The normalized spacial score (nSPS) is 11.8. The first-order valence-electron chi connectivity index (χ1n) is 8.69. The SMILES string of the molecule is Cc1ccc(F)cc1CC(=O)C(Cc1ccccc1)NC(=O)c1cccs1. The van der Waals surface area contributed by atoms with Crippen molar-refractivity contribution in [2.24, 2.45) is 0 Å². The van der Waals surface area contributed by atoms with Gasteiger partial charge in [-0.1, -0.05) is 42.5 Å². The van der Waals surface area contributed by atoms with Gasteiger partial charge in [-0.05, 0) is 53.6 Å². The molecule has 0 fully saturated rings. The second-order valence-electron chi connectivity index (χ2n) is 6.41. The van der Waals surface area contributed by atoms with E-state index in [1.165, 1.54) is 23.5 Å². The Labute approximate surface area is 161 Å². The van der Waals surface area contributed by atoms with Crippen molar-refractivity contribution < 1.29 is 14.0 Å². The third kappa shape index (κ3) is 5.11. The molecule has 1 unspecified atom stereocenters. The molecule has 1 N–H and O–H groups in total. The number of halogens is 1. The number of hydrogen-bond acceptors (Lipinski definition) is 3. The lowest BCUT2D eigenvalue weighted by atomic mass is 9.95. The predicted molar refractivity (Wildman–Crippen MR) is 106 cm³/mol. The standard InChI is InChI=1S/C22H20FNO2S/c1-15-9-10-18(23)13-17(15)14-20(25)19(12-16-6-3-2-4-7-16)24-22(26)21-8-5-11-27-21/h2-11,13,19H,12,14H2,1H3,(H,24,26). The van der Waals surface area contributed by atoms with Crippen LogP contribution in [0, 0.1) is 12.7 Å². The Morgan fingerprint density at radius 3 is 2.56 bits per heavy atom. The molecule has 1 aromatic heterocycles. The molecular formula is C22H20FNO2S. The zero-order valence-electron chi connectivity index (χ0n) is 14.9. The summed E-state index contributed by atoms with van der Waals surface area (Å²) in [5, 5.41) is 4.67. The highest BCUT2D eigenvalue weighted by Crippen LogP contribution is 2.15. The molecule has 1 amide bonds. The molecule has 1 atom stereocenters. The monoisotopic (exact) mass is 381 g/mol. The summed E-state index contributed by atoms with van der Waals surface area (Å²) in [6, 6.07) is 16.8. The van der Waals surface area contributed by atoms with E-state index >= 15 is 0 Å². The summed E-state index contributed by atoms with van der Waals surface area (Å²) < 4.78 is 13.6. The number of hydrogen-bond donors (Lipinski definition) is 1. The number of nitrogens with one attached hydrogen (secondary N) is 1. The van der Waals surface area contributed by atoms with Gasteiger partial charge in [0.15, 0.2) is 5.78 Å². The predicted octanol–water partition coefficient (Wildman–Crippen LogP) is 4.35. The summed E-state index contributed by atoms with van der Waals surface area (Å²) in [4.78, 5) is 26.0. The number of ketones is 1. The summed E-state index contributed by atoms with van der Waals surface area (Å²) in [7, 11) is 0. The minimum Gasteiger partial charge on any atom is -0.341 e. The molecule has 0 bridgehead atoms. The fraction of sp³-hybridized carbons (Fsp3) is 0.182. The molecule has 0 saturated carbocycles. The van der Waals surface area contributed by atoms with Gasteiger partial charge >= 0.3 is 0 Å². The van der Waals surface area contributed by atoms with E-state index in [0.717, 1.165) is 11.1 Å². The molecule has 1 heterocycles. The number of Topliss-reactive ketones (excluding diaryl/α,β-unsaturated/α-hetero) is 1. The molecule has 3 aromatic rings. The third-order valence-corrected chi connectivity index (χ3v) is 5.27. The Hall–Kier alpha value is -2.79. The molecule has 138 valence electrons. The topological polar surface area (TPSA) is 46.2 Å². The first kappa shape index (κ1) is 19.0. The van der Waals surface area contributed by atoms with E-state index in [-0.39, 0.29) is 23.9 Å². The molecule has 0 saturated heterocycles. The van der Waals surface area contributed by atoms with Gasteiger partial charge in [-0.25, -0.2) is 4.39 Å². The molecule has 2 aromatic carbocycles. The zero-order valence-corrected chi connectivity index (χ0v) is 15.8. The van der Waals surface area contributed by atoms with E-state index in [9.17, 15) is 14.0 Å². The van der Waals surface area contributed by atoms with Crippen molar-refractivity contribution >= 4 is 23.0 Å². The fourth-order valence-electron chi connectivity index (χ4n) is 2.87. The van der Waals surface area contributed by atoms with E-state index in [2.05, 4.69) is 5.32 Å². The van der Waals surface area contributed by atoms with E-state index in [1.54, 1.807) is 18.2 Å². The summed E-state index contributed by atoms with van der Waals surface area (Å²) >= 11 is 1.33.